The number of carbonyl (C=O) groups is 1. The highest BCUT2D eigenvalue weighted by molar-refractivity contribution is 8.18. The molecule has 190 valence electrons. The number of amidine groups is 1. The number of aliphatic imine (C=N–C) groups is 1. The summed E-state index contributed by atoms with van der Waals surface area (Å²) in [6.45, 7) is 7.37. The quantitative estimate of drug-likeness (QED) is 0.233. The lowest BCUT2D eigenvalue weighted by molar-refractivity contribution is -0.122. The Labute approximate surface area is 228 Å². The van der Waals surface area contributed by atoms with E-state index in [1.54, 1.807) is 4.90 Å². The molecule has 1 saturated heterocycles. The number of rotatable bonds is 7. The van der Waals surface area contributed by atoms with Crippen LogP contribution < -0.4 is 4.74 Å². The molecule has 1 amide bonds. The molecule has 1 heterocycles. The van der Waals surface area contributed by atoms with Crippen LogP contribution in [0.15, 0.2) is 107 Å². The minimum absolute atomic E-state index is 0.0424. The molecule has 0 atom stereocenters. The molecule has 0 N–H and O–H groups in total. The summed E-state index contributed by atoms with van der Waals surface area (Å²) in [4.78, 5) is 20.6. The van der Waals surface area contributed by atoms with Gasteiger partial charge in [-0.1, -0.05) is 78.4 Å². The van der Waals surface area contributed by atoms with E-state index in [1.165, 1.54) is 34.0 Å². The molecule has 0 unspecified atom stereocenters. The van der Waals surface area contributed by atoms with Crippen molar-refractivity contribution in [3.8, 4) is 5.75 Å². The Bertz CT molecular complexity index is 1470. The second kappa shape index (κ2) is 11.5. The van der Waals surface area contributed by atoms with Crippen molar-refractivity contribution in [1.29, 1.82) is 0 Å². The molecule has 0 spiro atoms. The van der Waals surface area contributed by atoms with Crippen LogP contribution in [0.4, 0.5) is 5.69 Å². The summed E-state index contributed by atoms with van der Waals surface area (Å²) in [6, 6.07) is 32.0. The molecule has 0 aliphatic carbocycles. The van der Waals surface area contributed by atoms with Crippen molar-refractivity contribution in [2.75, 3.05) is 0 Å². The van der Waals surface area contributed by atoms with Gasteiger partial charge in [0.1, 0.15) is 12.4 Å². The summed E-state index contributed by atoms with van der Waals surface area (Å²) in [7, 11) is 0. The van der Waals surface area contributed by atoms with Crippen molar-refractivity contribution in [1.82, 2.24) is 4.90 Å². The molecule has 0 bridgehead atoms. The summed E-state index contributed by atoms with van der Waals surface area (Å²) < 4.78 is 6.09. The largest absolute Gasteiger partial charge is 0.489 e. The normalized spacial score (nSPS) is 15.4. The van der Waals surface area contributed by atoms with E-state index in [1.807, 2.05) is 91.0 Å². The second-order valence-electron chi connectivity index (χ2n) is 9.45. The Hall–Kier alpha value is -4.09. The Kier molecular flexibility index (Phi) is 7.75. The van der Waals surface area contributed by atoms with E-state index in [9.17, 15) is 4.79 Å². The van der Waals surface area contributed by atoms with Gasteiger partial charge in [-0.05, 0) is 90.7 Å². The molecule has 38 heavy (non-hydrogen) atoms. The van der Waals surface area contributed by atoms with Crippen molar-refractivity contribution in [2.45, 2.75) is 33.9 Å². The second-order valence-corrected chi connectivity index (χ2v) is 10.5. The van der Waals surface area contributed by atoms with Gasteiger partial charge in [-0.25, -0.2) is 4.99 Å². The number of para-hydroxylation sites is 1. The molecular weight excluding hydrogens is 488 g/mol. The average molecular weight is 519 g/mol. The van der Waals surface area contributed by atoms with Gasteiger partial charge in [0.15, 0.2) is 5.17 Å². The van der Waals surface area contributed by atoms with Crippen molar-refractivity contribution in [2.24, 2.45) is 4.99 Å². The predicted molar refractivity (Wildman–Crippen MR) is 158 cm³/mol. The summed E-state index contributed by atoms with van der Waals surface area (Å²) in [5, 5.41) is 0.681. The van der Waals surface area contributed by atoms with E-state index >= 15 is 0 Å². The maximum Gasteiger partial charge on any atom is 0.267 e. The van der Waals surface area contributed by atoms with Crippen LogP contribution in [0.1, 0.15) is 33.4 Å². The van der Waals surface area contributed by atoms with Crippen molar-refractivity contribution in [3.05, 3.63) is 135 Å². The molecule has 4 nitrogen and oxygen atoms in total. The summed E-state index contributed by atoms with van der Waals surface area (Å²) in [5.74, 6) is 0.758. The van der Waals surface area contributed by atoms with Gasteiger partial charge in [-0.15, -0.1) is 0 Å². The van der Waals surface area contributed by atoms with Gasteiger partial charge in [0.05, 0.1) is 17.1 Å². The lowest BCUT2D eigenvalue weighted by atomic mass is 10.0. The van der Waals surface area contributed by atoms with Crippen LogP contribution in [-0.2, 0) is 17.9 Å². The molecule has 0 aromatic heterocycles. The molecule has 1 aliphatic rings. The molecule has 5 rings (SSSR count). The smallest absolute Gasteiger partial charge is 0.267 e. The zero-order valence-corrected chi connectivity index (χ0v) is 22.7. The minimum atomic E-state index is -0.0424. The Morgan fingerprint density at radius 3 is 2.13 bits per heavy atom. The highest BCUT2D eigenvalue weighted by Crippen LogP contribution is 2.35. The number of benzene rings is 4. The van der Waals surface area contributed by atoms with Crippen LogP contribution in [0, 0.1) is 20.8 Å². The zero-order chi connectivity index (χ0) is 26.5. The van der Waals surface area contributed by atoms with Gasteiger partial charge < -0.3 is 4.74 Å². The zero-order valence-electron chi connectivity index (χ0n) is 21.8. The summed E-state index contributed by atoms with van der Waals surface area (Å²) in [6.07, 6.45) is 1.93. The molecule has 4 aromatic carbocycles. The fourth-order valence-corrected chi connectivity index (χ4v) is 5.51. The number of hydrogen-bond acceptors (Lipinski definition) is 4. The van der Waals surface area contributed by atoms with Crippen LogP contribution in [0.25, 0.3) is 6.08 Å². The molecule has 1 aliphatic heterocycles. The third-order valence-corrected chi connectivity index (χ3v) is 7.46. The van der Waals surface area contributed by atoms with Gasteiger partial charge in [0.25, 0.3) is 5.91 Å². The standard InChI is InChI=1S/C33H30N2O2S/c1-23-18-24(2)30(25(3)19-23)22-37-29-16-14-26(15-17-29)20-31-32(36)35(21-27-10-6-4-7-11-27)33(38-31)34-28-12-8-5-9-13-28/h4-20H,21-22H2,1-3H3/b31-20+,34-33?. The van der Waals surface area contributed by atoms with Crippen molar-refractivity contribution >= 4 is 34.6 Å². The topological polar surface area (TPSA) is 41.9 Å². The lowest BCUT2D eigenvalue weighted by Gasteiger charge is -2.15. The fourth-order valence-electron chi connectivity index (χ4n) is 4.51. The lowest BCUT2D eigenvalue weighted by Crippen LogP contribution is -2.28. The highest BCUT2D eigenvalue weighted by atomic mass is 32.2. The SMILES string of the molecule is Cc1cc(C)c(COc2ccc(/C=C3/SC(=Nc4ccccc4)N(Cc4ccccc4)C3=O)cc2)c(C)c1. The Morgan fingerprint density at radius 1 is 0.842 bits per heavy atom. The molecule has 5 heteroatoms. The number of carbonyl (C=O) groups excluding carboxylic acids is 1. The first-order valence-corrected chi connectivity index (χ1v) is 13.5. The van der Waals surface area contributed by atoms with E-state index in [0.717, 1.165) is 22.6 Å². The van der Waals surface area contributed by atoms with Gasteiger partial charge in [-0.3, -0.25) is 9.69 Å². The van der Waals surface area contributed by atoms with Gasteiger partial charge in [-0.2, -0.15) is 0 Å². The number of nitrogens with zero attached hydrogens (tertiary/aromatic N) is 2. The number of amides is 1. The first-order valence-electron chi connectivity index (χ1n) is 12.6. The fraction of sp³-hybridized carbons (Fsp3) is 0.152. The maximum absolute atomic E-state index is 13.5. The number of hydrogen-bond donors (Lipinski definition) is 0. The maximum atomic E-state index is 13.5. The van der Waals surface area contributed by atoms with E-state index in [4.69, 9.17) is 9.73 Å². The van der Waals surface area contributed by atoms with Gasteiger partial charge in [0, 0.05) is 0 Å². The van der Waals surface area contributed by atoms with E-state index < -0.39 is 0 Å². The Balaban J connectivity index is 1.34. The monoisotopic (exact) mass is 518 g/mol. The van der Waals surface area contributed by atoms with Crippen LogP contribution >= 0.6 is 11.8 Å². The van der Waals surface area contributed by atoms with Gasteiger partial charge in [0.2, 0.25) is 0 Å². The number of ether oxygens (including phenoxy) is 1. The summed E-state index contributed by atoms with van der Waals surface area (Å²) >= 11 is 1.41. The van der Waals surface area contributed by atoms with Crippen LogP contribution in [-0.4, -0.2) is 16.0 Å². The Morgan fingerprint density at radius 2 is 1.47 bits per heavy atom. The third-order valence-electron chi connectivity index (χ3n) is 6.45. The van der Waals surface area contributed by atoms with Crippen molar-refractivity contribution < 1.29 is 9.53 Å². The molecule has 4 aromatic rings. The third kappa shape index (κ3) is 6.06. The molecule has 0 saturated carbocycles. The number of thioether (sulfide) groups is 1. The molecule has 1 fully saturated rings. The minimum Gasteiger partial charge on any atom is -0.489 e. The van der Waals surface area contributed by atoms with Crippen molar-refractivity contribution in [3.63, 3.8) is 0 Å². The number of aryl methyl sites for hydroxylation is 3. The van der Waals surface area contributed by atoms with Gasteiger partial charge >= 0.3 is 0 Å². The highest BCUT2D eigenvalue weighted by Gasteiger charge is 2.33. The predicted octanol–water partition coefficient (Wildman–Crippen LogP) is 8.00. The van der Waals surface area contributed by atoms with E-state index in [0.29, 0.717) is 23.2 Å². The average Bonchev–Trinajstić information content (AvgIpc) is 3.19. The molecule has 0 radical (unpaired) electrons. The first kappa shape index (κ1) is 25.6. The van der Waals surface area contributed by atoms with E-state index in [-0.39, 0.29) is 5.91 Å². The van der Waals surface area contributed by atoms with E-state index in [2.05, 4.69) is 32.9 Å². The van der Waals surface area contributed by atoms with Crippen LogP contribution in [0.2, 0.25) is 0 Å². The van der Waals surface area contributed by atoms with Crippen LogP contribution in [0.3, 0.4) is 0 Å². The summed E-state index contributed by atoms with van der Waals surface area (Å²) in [5.41, 5.74) is 7.80. The first-order chi connectivity index (χ1) is 18.5. The molecular formula is C33H30N2O2S. The van der Waals surface area contributed by atoms with Crippen LogP contribution in [0.5, 0.6) is 5.75 Å².